The van der Waals surface area contributed by atoms with E-state index >= 15 is 0 Å². The lowest BCUT2D eigenvalue weighted by atomic mass is 10.1. The quantitative estimate of drug-likeness (QED) is 0.693. The predicted molar refractivity (Wildman–Crippen MR) is 90.7 cm³/mol. The fourth-order valence-corrected chi connectivity index (χ4v) is 2.89. The topological polar surface area (TPSA) is 51.9 Å². The van der Waals surface area contributed by atoms with Gasteiger partial charge in [0.2, 0.25) is 0 Å². The molecule has 1 heterocycles. The number of amides is 1. The zero-order valence-corrected chi connectivity index (χ0v) is 13.8. The number of imidazole rings is 1. The Hall–Kier alpha value is -2.18. The van der Waals surface area contributed by atoms with Gasteiger partial charge in [-0.05, 0) is 42.0 Å². The number of nitrogens with zero attached hydrogens (tertiary/aromatic N) is 1. The molecule has 1 aromatic heterocycles. The second kappa shape index (κ2) is 6.14. The summed E-state index contributed by atoms with van der Waals surface area (Å²) in [6, 6.07) is 9.76. The summed E-state index contributed by atoms with van der Waals surface area (Å²) in [7, 11) is 1.65. The summed E-state index contributed by atoms with van der Waals surface area (Å²) in [5.74, 6) is -0.804. The van der Waals surface area contributed by atoms with E-state index in [1.54, 1.807) is 19.2 Å². The van der Waals surface area contributed by atoms with Crippen LogP contribution in [-0.4, -0.2) is 27.8 Å². The Kier molecular flexibility index (Phi) is 4.19. The molecule has 0 saturated heterocycles. The van der Waals surface area contributed by atoms with Gasteiger partial charge in [0.15, 0.2) is 4.77 Å². The maximum Gasteiger partial charge on any atom is 0.256 e. The van der Waals surface area contributed by atoms with Crippen LogP contribution < -0.4 is 0 Å². The van der Waals surface area contributed by atoms with Crippen LogP contribution in [0.25, 0.3) is 11.0 Å². The zero-order chi connectivity index (χ0) is 16.6. The molecular weight excluding hydrogens is 337 g/mol. The number of benzene rings is 2. The minimum atomic E-state index is -0.498. The Morgan fingerprint density at radius 1 is 1.30 bits per heavy atom. The van der Waals surface area contributed by atoms with E-state index in [0.29, 0.717) is 27.4 Å². The van der Waals surface area contributed by atoms with Gasteiger partial charge in [0.05, 0.1) is 16.6 Å². The molecule has 0 aliphatic rings. The third-order valence-electron chi connectivity index (χ3n) is 3.48. The highest BCUT2D eigenvalue weighted by molar-refractivity contribution is 7.71. The number of fused-ring (bicyclic) bond motifs is 1. The highest BCUT2D eigenvalue weighted by atomic mass is 35.5. The Labute approximate surface area is 141 Å². The molecule has 0 aliphatic carbocycles. The Balaban J connectivity index is 1.95. The van der Waals surface area contributed by atoms with E-state index in [9.17, 15) is 9.18 Å². The number of carbonyl (C=O) groups excluding carboxylic acids is 1. The van der Waals surface area contributed by atoms with Crippen LogP contribution in [-0.2, 0) is 6.54 Å². The summed E-state index contributed by atoms with van der Waals surface area (Å²) in [5.41, 5.74) is 2.09. The second-order valence-corrected chi connectivity index (χ2v) is 6.09. The standard InChI is InChI=1S/C16H13ClFN3OS/c1-21(8-9-3-2-4-10(17)5-9)15(22)12-6-11(18)7-13-14(12)20-16(23)19-13/h2-7H,8H2,1H3,(H2,19,20,23). The van der Waals surface area contributed by atoms with Crippen molar-refractivity contribution in [2.75, 3.05) is 7.05 Å². The molecule has 0 radical (unpaired) electrons. The van der Waals surface area contributed by atoms with Crippen molar-refractivity contribution in [3.63, 3.8) is 0 Å². The lowest BCUT2D eigenvalue weighted by Gasteiger charge is -2.18. The van der Waals surface area contributed by atoms with E-state index in [4.69, 9.17) is 23.8 Å². The predicted octanol–water partition coefficient (Wildman–Crippen LogP) is 4.29. The summed E-state index contributed by atoms with van der Waals surface area (Å²) >= 11 is 11.0. The van der Waals surface area contributed by atoms with E-state index in [1.165, 1.54) is 17.0 Å². The second-order valence-electron chi connectivity index (χ2n) is 5.25. The molecule has 2 aromatic carbocycles. The normalized spacial score (nSPS) is 10.9. The first-order valence-corrected chi connectivity index (χ1v) is 7.64. The first-order chi connectivity index (χ1) is 10.9. The van der Waals surface area contributed by atoms with E-state index in [-0.39, 0.29) is 11.5 Å². The summed E-state index contributed by atoms with van der Waals surface area (Å²) in [4.78, 5) is 19.9. The fraction of sp³-hybridized carbons (Fsp3) is 0.125. The van der Waals surface area contributed by atoms with Gasteiger partial charge in [0.25, 0.3) is 5.91 Å². The van der Waals surface area contributed by atoms with Crippen LogP contribution in [0.2, 0.25) is 5.02 Å². The van der Waals surface area contributed by atoms with Gasteiger partial charge in [-0.3, -0.25) is 4.79 Å². The SMILES string of the molecule is CN(Cc1cccc(Cl)c1)C(=O)c1cc(F)cc2[nH]c(=S)[nH]c12. The van der Waals surface area contributed by atoms with Crippen LogP contribution in [0, 0.1) is 10.6 Å². The van der Waals surface area contributed by atoms with E-state index < -0.39 is 5.82 Å². The highest BCUT2D eigenvalue weighted by Gasteiger charge is 2.18. The van der Waals surface area contributed by atoms with Crippen molar-refractivity contribution >= 4 is 40.8 Å². The van der Waals surface area contributed by atoms with E-state index in [1.807, 2.05) is 12.1 Å². The molecule has 0 unspecified atom stereocenters. The first kappa shape index (κ1) is 15.7. The lowest BCUT2D eigenvalue weighted by molar-refractivity contribution is 0.0786. The largest absolute Gasteiger partial charge is 0.337 e. The molecule has 4 nitrogen and oxygen atoms in total. The van der Waals surface area contributed by atoms with Gasteiger partial charge in [0, 0.05) is 18.6 Å². The van der Waals surface area contributed by atoms with Crippen molar-refractivity contribution in [1.82, 2.24) is 14.9 Å². The smallest absolute Gasteiger partial charge is 0.256 e. The molecule has 2 N–H and O–H groups in total. The van der Waals surface area contributed by atoms with Crippen LogP contribution in [0.4, 0.5) is 4.39 Å². The van der Waals surface area contributed by atoms with Crippen molar-refractivity contribution in [3.05, 3.63) is 63.1 Å². The van der Waals surface area contributed by atoms with Gasteiger partial charge in [-0.2, -0.15) is 0 Å². The van der Waals surface area contributed by atoms with Crippen molar-refractivity contribution in [2.45, 2.75) is 6.54 Å². The molecule has 3 aromatic rings. The van der Waals surface area contributed by atoms with Crippen molar-refractivity contribution in [2.24, 2.45) is 0 Å². The number of nitrogens with one attached hydrogen (secondary N) is 2. The minimum Gasteiger partial charge on any atom is -0.337 e. The number of carbonyl (C=O) groups is 1. The van der Waals surface area contributed by atoms with Crippen molar-refractivity contribution in [3.8, 4) is 0 Å². The number of H-pyrrole nitrogens is 2. The maximum absolute atomic E-state index is 13.8. The molecule has 0 spiro atoms. The van der Waals surface area contributed by atoms with Crippen molar-refractivity contribution < 1.29 is 9.18 Å². The average molecular weight is 350 g/mol. The first-order valence-electron chi connectivity index (χ1n) is 6.85. The average Bonchev–Trinajstić information content (AvgIpc) is 2.85. The molecule has 0 atom stereocenters. The number of aromatic amines is 2. The molecule has 0 fully saturated rings. The van der Waals surface area contributed by atoms with Gasteiger partial charge in [-0.1, -0.05) is 23.7 Å². The third kappa shape index (κ3) is 3.28. The molecule has 0 aliphatic heterocycles. The number of aromatic nitrogens is 2. The molecule has 7 heteroatoms. The van der Waals surface area contributed by atoms with Crippen LogP contribution in [0.15, 0.2) is 36.4 Å². The van der Waals surface area contributed by atoms with Crippen LogP contribution in [0.5, 0.6) is 0 Å². The van der Waals surface area contributed by atoms with Gasteiger partial charge < -0.3 is 14.9 Å². The number of hydrogen-bond acceptors (Lipinski definition) is 2. The van der Waals surface area contributed by atoms with Gasteiger partial charge in [0.1, 0.15) is 5.82 Å². The molecule has 1 amide bonds. The minimum absolute atomic E-state index is 0.233. The van der Waals surface area contributed by atoms with Crippen LogP contribution >= 0.6 is 23.8 Å². The van der Waals surface area contributed by atoms with E-state index in [0.717, 1.165) is 5.56 Å². The van der Waals surface area contributed by atoms with Crippen LogP contribution in [0.3, 0.4) is 0 Å². The Bertz CT molecular complexity index is 950. The fourth-order valence-electron chi connectivity index (χ4n) is 2.46. The zero-order valence-electron chi connectivity index (χ0n) is 12.2. The lowest BCUT2D eigenvalue weighted by Crippen LogP contribution is -2.26. The molecule has 118 valence electrons. The van der Waals surface area contributed by atoms with Crippen molar-refractivity contribution in [1.29, 1.82) is 0 Å². The van der Waals surface area contributed by atoms with Gasteiger partial charge in [-0.25, -0.2) is 4.39 Å². The highest BCUT2D eigenvalue weighted by Crippen LogP contribution is 2.20. The summed E-state index contributed by atoms with van der Waals surface area (Å²) in [6.45, 7) is 0.364. The third-order valence-corrected chi connectivity index (χ3v) is 3.91. The summed E-state index contributed by atoms with van der Waals surface area (Å²) in [5, 5.41) is 0.603. The molecule has 0 bridgehead atoms. The number of hydrogen-bond donors (Lipinski definition) is 2. The van der Waals surface area contributed by atoms with E-state index in [2.05, 4.69) is 9.97 Å². The molecule has 23 heavy (non-hydrogen) atoms. The van der Waals surface area contributed by atoms with Crippen LogP contribution in [0.1, 0.15) is 15.9 Å². The molecular formula is C16H13ClFN3OS. The monoisotopic (exact) mass is 349 g/mol. The maximum atomic E-state index is 13.8. The number of rotatable bonds is 3. The van der Waals surface area contributed by atoms with Gasteiger partial charge in [-0.15, -0.1) is 0 Å². The molecule has 3 rings (SSSR count). The summed E-state index contributed by atoms with van der Waals surface area (Å²) in [6.07, 6.45) is 0. The summed E-state index contributed by atoms with van der Waals surface area (Å²) < 4.78 is 14.1. The Morgan fingerprint density at radius 3 is 2.83 bits per heavy atom. The Morgan fingerprint density at radius 2 is 2.09 bits per heavy atom. The van der Waals surface area contributed by atoms with Gasteiger partial charge >= 0.3 is 0 Å². The molecule has 0 saturated carbocycles. The number of halogens is 2.